The molecule has 0 amide bonds. The molecule has 3 nitrogen and oxygen atoms in total. The number of ether oxygens (including phenoxy) is 1. The lowest BCUT2D eigenvalue weighted by Gasteiger charge is -2.29. The van der Waals surface area contributed by atoms with E-state index >= 15 is 0 Å². The zero-order chi connectivity index (χ0) is 15.2. The summed E-state index contributed by atoms with van der Waals surface area (Å²) < 4.78 is 5.64. The van der Waals surface area contributed by atoms with Crippen molar-refractivity contribution in [3.05, 3.63) is 29.8 Å². The maximum atomic E-state index is 10.5. The predicted molar refractivity (Wildman–Crippen MR) is 86.7 cm³/mol. The number of nitrogens with zero attached hydrogens (tertiary/aromatic N) is 1. The molecule has 118 valence electrons. The van der Waals surface area contributed by atoms with Crippen LogP contribution in [0.2, 0.25) is 0 Å². The Labute approximate surface area is 128 Å². The molecule has 1 saturated carbocycles. The van der Waals surface area contributed by atoms with Crippen molar-refractivity contribution in [1.29, 1.82) is 0 Å². The van der Waals surface area contributed by atoms with Crippen LogP contribution in [0.5, 0.6) is 5.75 Å². The van der Waals surface area contributed by atoms with Crippen LogP contribution in [0.3, 0.4) is 0 Å². The Hall–Kier alpha value is -1.06. The monoisotopic (exact) mass is 291 g/mol. The van der Waals surface area contributed by atoms with Crippen LogP contribution >= 0.6 is 0 Å². The third-order valence-corrected chi connectivity index (χ3v) is 4.29. The zero-order valence-corrected chi connectivity index (χ0v) is 13.6. The summed E-state index contributed by atoms with van der Waals surface area (Å²) in [7, 11) is 0. The van der Waals surface area contributed by atoms with Gasteiger partial charge in [-0.3, -0.25) is 4.90 Å². The number of aliphatic hydroxyl groups excluding tert-OH is 1. The minimum Gasteiger partial charge on any atom is -0.491 e. The largest absolute Gasteiger partial charge is 0.491 e. The number of aliphatic hydroxyl groups is 1. The van der Waals surface area contributed by atoms with Crippen molar-refractivity contribution in [2.45, 2.75) is 64.7 Å². The van der Waals surface area contributed by atoms with Crippen LogP contribution in [0.1, 0.15) is 58.1 Å². The summed E-state index contributed by atoms with van der Waals surface area (Å²) in [5, 5.41) is 10.5. The lowest BCUT2D eigenvalue weighted by molar-refractivity contribution is 0.0913. The van der Waals surface area contributed by atoms with Crippen molar-refractivity contribution in [2.75, 3.05) is 13.1 Å². The number of benzene rings is 1. The van der Waals surface area contributed by atoms with E-state index in [1.807, 2.05) is 38.1 Å². The van der Waals surface area contributed by atoms with Crippen molar-refractivity contribution >= 4 is 0 Å². The first kappa shape index (κ1) is 16.3. The minimum atomic E-state index is -0.418. The Morgan fingerprint density at radius 2 is 1.81 bits per heavy atom. The fourth-order valence-corrected chi connectivity index (χ4v) is 3.17. The van der Waals surface area contributed by atoms with E-state index in [9.17, 15) is 5.11 Å². The lowest BCUT2D eigenvalue weighted by atomic mass is 10.1. The minimum absolute atomic E-state index is 0.179. The molecule has 1 aliphatic carbocycles. The molecular formula is C18H29NO2. The summed E-state index contributed by atoms with van der Waals surface area (Å²) in [4.78, 5) is 2.43. The Morgan fingerprint density at radius 3 is 2.33 bits per heavy atom. The summed E-state index contributed by atoms with van der Waals surface area (Å²) in [5.41, 5.74) is 0.975. The molecule has 0 saturated heterocycles. The first-order valence-electron chi connectivity index (χ1n) is 8.29. The number of rotatable bonds is 7. The third-order valence-electron chi connectivity index (χ3n) is 4.29. The summed E-state index contributed by atoms with van der Waals surface area (Å²) in [5.74, 6) is 0.865. The van der Waals surface area contributed by atoms with Crippen LogP contribution in [0, 0.1) is 0 Å². The van der Waals surface area contributed by atoms with Crippen molar-refractivity contribution in [3.8, 4) is 5.75 Å². The van der Waals surface area contributed by atoms with Crippen LogP contribution in [0.25, 0.3) is 0 Å². The maximum absolute atomic E-state index is 10.5. The molecule has 0 spiro atoms. The second kappa shape index (κ2) is 7.81. The van der Waals surface area contributed by atoms with Gasteiger partial charge < -0.3 is 9.84 Å². The Morgan fingerprint density at radius 1 is 1.19 bits per heavy atom. The van der Waals surface area contributed by atoms with Crippen LogP contribution in [-0.4, -0.2) is 35.2 Å². The fraction of sp³-hybridized carbons (Fsp3) is 0.667. The molecule has 0 aliphatic heterocycles. The van der Waals surface area contributed by atoms with Crippen LogP contribution in [0.15, 0.2) is 24.3 Å². The number of hydrogen-bond donors (Lipinski definition) is 1. The molecule has 0 aromatic heterocycles. The molecule has 2 rings (SSSR count). The maximum Gasteiger partial charge on any atom is 0.119 e. The highest BCUT2D eigenvalue weighted by molar-refractivity contribution is 5.28. The SMILES string of the molecule is CCN(CC(O)c1ccc(OC(C)C)cc1)C1CCCC1. The number of hydrogen-bond acceptors (Lipinski definition) is 3. The van der Waals surface area contributed by atoms with E-state index in [4.69, 9.17) is 4.74 Å². The molecule has 1 aromatic carbocycles. The van der Waals surface area contributed by atoms with E-state index in [1.54, 1.807) is 0 Å². The quantitative estimate of drug-likeness (QED) is 0.830. The van der Waals surface area contributed by atoms with Gasteiger partial charge in [0.05, 0.1) is 12.2 Å². The molecule has 21 heavy (non-hydrogen) atoms. The molecule has 1 aromatic rings. The van der Waals surface area contributed by atoms with E-state index in [2.05, 4.69) is 11.8 Å². The van der Waals surface area contributed by atoms with Crippen molar-refractivity contribution in [3.63, 3.8) is 0 Å². The predicted octanol–water partition coefficient (Wildman–Crippen LogP) is 3.77. The molecule has 1 N–H and O–H groups in total. The van der Waals surface area contributed by atoms with Gasteiger partial charge in [0.15, 0.2) is 0 Å². The first-order valence-corrected chi connectivity index (χ1v) is 8.29. The zero-order valence-electron chi connectivity index (χ0n) is 13.6. The molecule has 0 heterocycles. The van der Waals surface area contributed by atoms with E-state index in [0.29, 0.717) is 6.04 Å². The van der Waals surface area contributed by atoms with E-state index in [-0.39, 0.29) is 6.10 Å². The second-order valence-corrected chi connectivity index (χ2v) is 6.28. The van der Waals surface area contributed by atoms with Gasteiger partial charge in [-0.05, 0) is 50.9 Å². The summed E-state index contributed by atoms with van der Waals surface area (Å²) in [6.07, 6.45) is 4.98. The average Bonchev–Trinajstić information content (AvgIpc) is 2.98. The van der Waals surface area contributed by atoms with Gasteiger partial charge in [0, 0.05) is 12.6 Å². The Balaban J connectivity index is 1.93. The average molecular weight is 291 g/mol. The Kier molecular flexibility index (Phi) is 6.07. The van der Waals surface area contributed by atoms with E-state index in [1.165, 1.54) is 25.7 Å². The molecular weight excluding hydrogens is 262 g/mol. The fourth-order valence-electron chi connectivity index (χ4n) is 3.17. The van der Waals surface area contributed by atoms with Crippen molar-refractivity contribution in [1.82, 2.24) is 4.90 Å². The van der Waals surface area contributed by atoms with Crippen molar-refractivity contribution in [2.24, 2.45) is 0 Å². The lowest BCUT2D eigenvalue weighted by Crippen LogP contribution is -2.36. The standard InChI is InChI=1S/C18H29NO2/c1-4-19(16-7-5-6-8-16)13-18(20)15-9-11-17(12-10-15)21-14(2)3/h9-12,14,16,18,20H,4-8,13H2,1-3H3. The molecule has 1 aliphatic rings. The van der Waals surface area contributed by atoms with E-state index < -0.39 is 6.10 Å². The molecule has 0 bridgehead atoms. The smallest absolute Gasteiger partial charge is 0.119 e. The third kappa shape index (κ3) is 4.72. The topological polar surface area (TPSA) is 32.7 Å². The van der Waals surface area contributed by atoms with Gasteiger partial charge in [-0.1, -0.05) is 31.9 Å². The van der Waals surface area contributed by atoms with Gasteiger partial charge in [0.2, 0.25) is 0 Å². The van der Waals surface area contributed by atoms with E-state index in [0.717, 1.165) is 24.4 Å². The van der Waals surface area contributed by atoms with Crippen LogP contribution in [0.4, 0.5) is 0 Å². The highest BCUT2D eigenvalue weighted by atomic mass is 16.5. The highest BCUT2D eigenvalue weighted by Crippen LogP contribution is 2.26. The van der Waals surface area contributed by atoms with Gasteiger partial charge in [-0.2, -0.15) is 0 Å². The van der Waals surface area contributed by atoms with Crippen LogP contribution in [-0.2, 0) is 0 Å². The van der Waals surface area contributed by atoms with Crippen molar-refractivity contribution < 1.29 is 9.84 Å². The summed E-state index contributed by atoms with van der Waals surface area (Å²) >= 11 is 0. The first-order chi connectivity index (χ1) is 10.1. The van der Waals surface area contributed by atoms with Gasteiger partial charge in [0.25, 0.3) is 0 Å². The van der Waals surface area contributed by atoms with Gasteiger partial charge >= 0.3 is 0 Å². The molecule has 1 fully saturated rings. The van der Waals surface area contributed by atoms with Crippen LogP contribution < -0.4 is 4.74 Å². The van der Waals surface area contributed by atoms with Gasteiger partial charge in [-0.15, -0.1) is 0 Å². The Bertz CT molecular complexity index is 410. The molecule has 1 unspecified atom stereocenters. The van der Waals surface area contributed by atoms with Gasteiger partial charge in [-0.25, -0.2) is 0 Å². The van der Waals surface area contributed by atoms with Gasteiger partial charge in [0.1, 0.15) is 5.75 Å². The summed E-state index contributed by atoms with van der Waals surface area (Å²) in [6.45, 7) is 7.96. The number of likely N-dealkylation sites (N-methyl/N-ethyl adjacent to an activating group) is 1. The molecule has 0 radical (unpaired) electrons. The second-order valence-electron chi connectivity index (χ2n) is 6.28. The molecule has 1 atom stereocenters. The molecule has 3 heteroatoms. The normalized spacial score (nSPS) is 17.6. The summed E-state index contributed by atoms with van der Waals surface area (Å²) in [6, 6.07) is 8.51. The highest BCUT2D eigenvalue weighted by Gasteiger charge is 2.23.